The number of carbonyl (C=O) groups is 7. The Balaban J connectivity index is 1.39. The number of hydrogen-bond acceptors (Lipinski definition) is 19. The molecule has 438 valence electrons. The van der Waals surface area contributed by atoms with Gasteiger partial charge in [0.1, 0.15) is 23.2 Å². The Hall–Kier alpha value is -6.03. The third kappa shape index (κ3) is 9.94. The topological polar surface area (TPSA) is 233 Å². The van der Waals surface area contributed by atoms with E-state index in [4.69, 9.17) is 56.5 Å². The number of amides is 1. The smallest absolute Gasteiger partial charge is 0.497 e. The number of carbonyl (C=O) groups excluding carboxylic acids is 7. The lowest BCUT2D eigenvalue weighted by molar-refractivity contribution is -0.344. The van der Waals surface area contributed by atoms with Crippen LogP contribution < -0.4 is 9.47 Å². The highest BCUT2D eigenvalue weighted by Gasteiger charge is 2.84. The summed E-state index contributed by atoms with van der Waals surface area (Å²) in [7, 11) is 0.203. The number of ether oxygens (including phenoxy) is 11. The molecule has 20 nitrogen and oxygen atoms in total. The molecule has 3 aliphatic heterocycles. The van der Waals surface area contributed by atoms with Gasteiger partial charge in [0.25, 0.3) is 0 Å². The minimum Gasteiger partial charge on any atom is -0.497 e. The normalized spacial score (nSPS) is 32.3. The van der Waals surface area contributed by atoms with Crippen LogP contribution in [-0.2, 0) is 66.2 Å². The zero-order valence-corrected chi connectivity index (χ0v) is 49.9. The van der Waals surface area contributed by atoms with Gasteiger partial charge in [0.05, 0.1) is 49.9 Å². The second kappa shape index (κ2) is 22.0. The number of methoxy groups -OCH3 is 2. The molecule has 0 N–H and O–H groups in total. The second-order valence-electron chi connectivity index (χ2n) is 24.1. The average molecular weight is 1130 g/mol. The Morgan fingerprint density at radius 3 is 2.09 bits per heavy atom. The van der Waals surface area contributed by atoms with Gasteiger partial charge in [-0.3, -0.25) is 19.3 Å². The van der Waals surface area contributed by atoms with Gasteiger partial charge < -0.3 is 56.5 Å². The van der Waals surface area contributed by atoms with E-state index in [0.717, 1.165) is 6.92 Å². The molecule has 2 bridgehead atoms. The van der Waals surface area contributed by atoms with Crippen LogP contribution >= 0.6 is 0 Å². The summed E-state index contributed by atoms with van der Waals surface area (Å²) in [6.45, 7) is 23.6. The van der Waals surface area contributed by atoms with Gasteiger partial charge in [0.2, 0.25) is 5.60 Å². The van der Waals surface area contributed by atoms with Crippen LogP contribution in [0, 0.1) is 22.7 Å². The number of hydrogen-bond donors (Lipinski definition) is 0. The molecule has 0 aromatic heterocycles. The van der Waals surface area contributed by atoms with Crippen molar-refractivity contribution in [3.63, 3.8) is 0 Å². The molecule has 13 atom stereocenters. The molecule has 6 aliphatic rings. The maximum atomic E-state index is 16.8. The van der Waals surface area contributed by atoms with Gasteiger partial charge >= 0.3 is 36.1 Å². The average Bonchev–Trinajstić information content (AvgIpc) is 4.10. The summed E-state index contributed by atoms with van der Waals surface area (Å²) < 4.78 is 77.2. The minimum atomic E-state index is -2.73. The summed E-state index contributed by atoms with van der Waals surface area (Å²) in [6, 6.07) is 13.9. The Morgan fingerprint density at radius 1 is 0.875 bits per heavy atom. The summed E-state index contributed by atoms with van der Waals surface area (Å²) in [4.78, 5) is 106. The predicted molar refractivity (Wildman–Crippen MR) is 288 cm³/mol. The maximum absolute atomic E-state index is 16.8. The van der Waals surface area contributed by atoms with Crippen LogP contribution in [0.1, 0.15) is 132 Å². The number of nitrogens with zero attached hydrogens (tertiary/aromatic N) is 1. The van der Waals surface area contributed by atoms with Crippen LogP contribution in [0.2, 0.25) is 18.1 Å². The molecule has 2 saturated carbocycles. The monoisotopic (exact) mass is 1130 g/mol. The molecule has 0 radical (unpaired) electrons. The molecule has 3 saturated heterocycles. The van der Waals surface area contributed by atoms with Crippen molar-refractivity contribution < 1.29 is 90.1 Å². The largest absolute Gasteiger partial charge is 0.509 e. The molecule has 3 heterocycles. The fraction of sp³-hybridized carbons (Fsp3) is 0.644. The van der Waals surface area contributed by atoms with E-state index in [1.807, 2.05) is 34.6 Å². The molecule has 8 rings (SSSR count). The molecule has 2 aromatic rings. The molecule has 1 amide bonds. The first kappa shape index (κ1) is 60.1. The van der Waals surface area contributed by atoms with E-state index in [2.05, 4.69) is 0 Å². The van der Waals surface area contributed by atoms with Crippen LogP contribution in [0.15, 0.2) is 59.7 Å². The summed E-state index contributed by atoms with van der Waals surface area (Å²) in [5.74, 6) is -5.22. The third-order valence-electron chi connectivity index (χ3n) is 17.7. The van der Waals surface area contributed by atoms with Crippen molar-refractivity contribution >= 4 is 50.2 Å². The number of ketones is 1. The van der Waals surface area contributed by atoms with Crippen molar-refractivity contribution in [1.82, 2.24) is 4.90 Å². The highest BCUT2D eigenvalue weighted by molar-refractivity contribution is 6.73. The van der Waals surface area contributed by atoms with Gasteiger partial charge in [-0.15, -0.1) is 0 Å². The van der Waals surface area contributed by atoms with Gasteiger partial charge in [-0.25, -0.2) is 19.2 Å². The molecular weight excluding hydrogens is 1050 g/mol. The Bertz CT molecular complexity index is 2780. The lowest BCUT2D eigenvalue weighted by Gasteiger charge is -2.68. The highest BCUT2D eigenvalue weighted by atomic mass is 28.4. The van der Waals surface area contributed by atoms with E-state index in [0.29, 0.717) is 29.4 Å². The lowest BCUT2D eigenvalue weighted by Crippen LogP contribution is -2.83. The maximum Gasteiger partial charge on any atom is 0.509 e. The van der Waals surface area contributed by atoms with Crippen molar-refractivity contribution in [2.24, 2.45) is 22.7 Å². The molecule has 3 aliphatic carbocycles. The van der Waals surface area contributed by atoms with Crippen molar-refractivity contribution in [3.05, 3.63) is 70.8 Å². The quantitative estimate of drug-likeness (QED) is 0.0659. The molecule has 2 unspecified atom stereocenters. The summed E-state index contributed by atoms with van der Waals surface area (Å²) in [5, 5.41) is 0. The van der Waals surface area contributed by atoms with E-state index >= 15 is 14.4 Å². The van der Waals surface area contributed by atoms with E-state index in [-0.39, 0.29) is 47.8 Å². The number of rotatable bonds is 16. The first-order valence-corrected chi connectivity index (χ1v) is 30.2. The Labute approximate surface area is 469 Å². The summed E-state index contributed by atoms with van der Waals surface area (Å²) in [5.41, 5.74) is -8.16. The van der Waals surface area contributed by atoms with E-state index in [1.165, 1.54) is 38.2 Å². The van der Waals surface area contributed by atoms with Crippen molar-refractivity contribution in [1.29, 1.82) is 0 Å². The van der Waals surface area contributed by atoms with E-state index in [9.17, 15) is 19.2 Å². The first-order valence-electron chi connectivity index (χ1n) is 27.7. The second-order valence-corrected chi connectivity index (χ2v) is 28.8. The van der Waals surface area contributed by atoms with E-state index < -0.39 is 139 Å². The number of benzene rings is 2. The minimum absolute atomic E-state index is 0.0317. The summed E-state index contributed by atoms with van der Waals surface area (Å²) in [6.07, 6.45) is -13.8. The summed E-state index contributed by atoms with van der Waals surface area (Å²) >= 11 is 0. The first-order chi connectivity index (χ1) is 37.5. The molecule has 21 heteroatoms. The van der Waals surface area contributed by atoms with Crippen LogP contribution in [0.25, 0.3) is 0 Å². The Morgan fingerprint density at radius 2 is 1.54 bits per heavy atom. The molecule has 80 heavy (non-hydrogen) atoms. The molecule has 2 aromatic carbocycles. The van der Waals surface area contributed by atoms with Crippen LogP contribution in [0.5, 0.6) is 11.5 Å². The predicted octanol–water partition coefficient (Wildman–Crippen LogP) is 9.15. The fourth-order valence-electron chi connectivity index (χ4n) is 13.8. The van der Waals surface area contributed by atoms with Crippen LogP contribution in [0.4, 0.5) is 9.59 Å². The van der Waals surface area contributed by atoms with Gasteiger partial charge in [-0.1, -0.05) is 66.7 Å². The zero-order chi connectivity index (χ0) is 58.8. The number of Topliss-reactive ketones (excluding diaryl/α,β-unsaturated/α-hetero) is 1. The highest BCUT2D eigenvalue weighted by Crippen LogP contribution is 2.67. The van der Waals surface area contributed by atoms with Crippen molar-refractivity contribution in [3.8, 4) is 11.5 Å². The van der Waals surface area contributed by atoms with Gasteiger partial charge in [-0.2, -0.15) is 0 Å². The van der Waals surface area contributed by atoms with E-state index in [1.54, 1.807) is 84.9 Å². The number of fused-ring (bicyclic) bond motifs is 4. The molecular formula is C59H79NO19Si. The van der Waals surface area contributed by atoms with Crippen molar-refractivity contribution in [2.45, 2.75) is 200 Å². The van der Waals surface area contributed by atoms with Gasteiger partial charge in [-0.05, 0) is 101 Å². The van der Waals surface area contributed by atoms with Gasteiger partial charge in [0, 0.05) is 37.3 Å². The number of esters is 4. The molecule has 1 spiro atoms. The van der Waals surface area contributed by atoms with Gasteiger partial charge in [0.15, 0.2) is 56.4 Å². The standard InChI is InChI=1S/C59H79NO19Si/c1-17-80(18-2,19-3)79-40-29-41-58(30-70-41,76-34(8)62)46-49(74-51(64)35-23-21-20-22-24-35)59-48(75-54(67)78-59)43(32(6)42(56(59,12)13)45(71-33(7)61)47(63)57(40,46)14)73-52(65)44-38(27-31(4)5)60(53(66)77-55(9,10)11)50(72-44)37-26-25-36(68-15)28-39(37)69-16/h20-26,28,31,38,40-41,43-46,48-50H,17-19,27,29-30H2,1-16H3/t38-,40-,41?,43+,44+,45+,46-,48-,49-,50?,57+,58-,59+/m0/s1. The van der Waals surface area contributed by atoms with Crippen LogP contribution in [-0.4, -0.2) is 142 Å². The third-order valence-corrected chi connectivity index (χ3v) is 22.3. The molecule has 5 fully saturated rings. The lowest BCUT2D eigenvalue weighted by atomic mass is 9.44. The SMILES string of the molecule is CC[Si](CC)(CC)O[C@H]1CC2OC[C@@]2(OC(C)=O)[C@H]2[C@H](OC(=O)c3ccccc3)[C@]34OC(=O)O[C@H]3[C@H](OC(=O)[C@@H]3OC(c5ccc(OC)cc5OC)N(C(=O)OC(C)(C)C)[C@H]3CC(C)C)C(C)=C([C@@H](OC(C)=O)C(=O)[C@]12C)C4(C)C. The van der Waals surface area contributed by atoms with Crippen LogP contribution in [0.3, 0.4) is 0 Å². The Kier molecular flexibility index (Phi) is 16.5. The fourth-order valence-corrected chi connectivity index (χ4v) is 16.7. The zero-order valence-electron chi connectivity index (χ0n) is 48.9. The van der Waals surface area contributed by atoms with Crippen molar-refractivity contribution in [2.75, 3.05) is 20.8 Å².